The van der Waals surface area contributed by atoms with E-state index in [4.69, 9.17) is 0 Å². The third-order valence-electron chi connectivity index (χ3n) is 4.98. The van der Waals surface area contributed by atoms with Crippen LogP contribution >= 0.6 is 0 Å². The lowest BCUT2D eigenvalue weighted by molar-refractivity contribution is 0.162. The Labute approximate surface area is 141 Å². The minimum absolute atomic E-state index is 0.699. The second-order valence-corrected chi connectivity index (χ2v) is 7.34. The minimum atomic E-state index is 0.699. The van der Waals surface area contributed by atoms with Crippen molar-refractivity contribution in [2.24, 2.45) is 11.8 Å². The molecule has 0 bridgehead atoms. The Balaban J connectivity index is 1.68. The van der Waals surface area contributed by atoms with Gasteiger partial charge < -0.3 is 4.90 Å². The van der Waals surface area contributed by atoms with Gasteiger partial charge in [-0.15, -0.1) is 0 Å². The molecule has 1 nitrogen and oxygen atoms in total. The Bertz CT molecular complexity index is 604. The van der Waals surface area contributed by atoms with Crippen molar-refractivity contribution in [2.75, 3.05) is 19.6 Å². The van der Waals surface area contributed by atoms with Crippen LogP contribution < -0.4 is 0 Å². The fourth-order valence-corrected chi connectivity index (χ4v) is 3.93. The fourth-order valence-electron chi connectivity index (χ4n) is 3.93. The van der Waals surface area contributed by atoms with Crippen molar-refractivity contribution in [2.45, 2.75) is 33.1 Å². The van der Waals surface area contributed by atoms with Gasteiger partial charge in [0.05, 0.1) is 0 Å². The van der Waals surface area contributed by atoms with Crippen molar-refractivity contribution in [3.8, 4) is 11.1 Å². The predicted octanol–water partition coefficient (Wildman–Crippen LogP) is 5.26. The van der Waals surface area contributed by atoms with E-state index in [0.717, 1.165) is 12.3 Å². The molecule has 0 aliphatic carbocycles. The summed E-state index contributed by atoms with van der Waals surface area (Å²) < 4.78 is 0. The van der Waals surface area contributed by atoms with Gasteiger partial charge in [-0.05, 0) is 54.3 Å². The topological polar surface area (TPSA) is 3.24 Å². The second-order valence-electron chi connectivity index (χ2n) is 7.34. The first-order valence-electron chi connectivity index (χ1n) is 9.08. The smallest absolute Gasteiger partial charge is 0.00103 e. The molecule has 1 heteroatoms. The molecular weight excluding hydrogens is 278 g/mol. The first-order chi connectivity index (χ1) is 11.2. The summed E-state index contributed by atoms with van der Waals surface area (Å²) >= 11 is 0. The van der Waals surface area contributed by atoms with Gasteiger partial charge in [-0.3, -0.25) is 0 Å². The van der Waals surface area contributed by atoms with Gasteiger partial charge in [-0.25, -0.2) is 0 Å². The highest BCUT2D eigenvalue weighted by molar-refractivity contribution is 5.67. The van der Waals surface area contributed by atoms with Crippen LogP contribution in [0.1, 0.15) is 32.3 Å². The molecule has 0 saturated carbocycles. The molecule has 122 valence electrons. The Morgan fingerprint density at radius 3 is 2.57 bits per heavy atom. The van der Waals surface area contributed by atoms with Crippen LogP contribution in [0.3, 0.4) is 0 Å². The molecule has 2 aromatic rings. The molecule has 3 rings (SSSR count). The molecule has 0 N–H and O–H groups in total. The lowest BCUT2D eigenvalue weighted by atomic mass is 9.92. The Morgan fingerprint density at radius 2 is 1.78 bits per heavy atom. The zero-order chi connectivity index (χ0) is 16.1. The SMILES string of the molecule is CC1CCCN(CC(C)Cc2ccccc2-c2ccccc2)C1. The normalized spacial score (nSPS) is 20.3. The van der Waals surface area contributed by atoms with E-state index in [1.807, 2.05) is 0 Å². The van der Waals surface area contributed by atoms with Gasteiger partial charge in [0.15, 0.2) is 0 Å². The van der Waals surface area contributed by atoms with E-state index in [2.05, 4.69) is 73.3 Å². The maximum Gasteiger partial charge on any atom is 0.00103 e. The summed E-state index contributed by atoms with van der Waals surface area (Å²) in [5.74, 6) is 1.57. The monoisotopic (exact) mass is 307 g/mol. The molecular formula is C22H29N. The molecule has 2 atom stereocenters. The second kappa shape index (κ2) is 7.79. The first-order valence-corrected chi connectivity index (χ1v) is 9.08. The van der Waals surface area contributed by atoms with Crippen molar-refractivity contribution in [3.63, 3.8) is 0 Å². The van der Waals surface area contributed by atoms with E-state index < -0.39 is 0 Å². The zero-order valence-electron chi connectivity index (χ0n) is 14.5. The van der Waals surface area contributed by atoms with Gasteiger partial charge in [-0.2, -0.15) is 0 Å². The lowest BCUT2D eigenvalue weighted by Gasteiger charge is -2.33. The van der Waals surface area contributed by atoms with Crippen molar-refractivity contribution in [1.82, 2.24) is 4.90 Å². The van der Waals surface area contributed by atoms with Crippen LogP contribution in [-0.2, 0) is 6.42 Å². The molecule has 2 aromatic carbocycles. The van der Waals surface area contributed by atoms with E-state index in [1.54, 1.807) is 0 Å². The van der Waals surface area contributed by atoms with Crippen molar-refractivity contribution in [1.29, 1.82) is 0 Å². The third-order valence-corrected chi connectivity index (χ3v) is 4.98. The van der Waals surface area contributed by atoms with Crippen LogP contribution in [0.25, 0.3) is 11.1 Å². The summed E-state index contributed by atoms with van der Waals surface area (Å²) in [6, 6.07) is 19.7. The average molecular weight is 307 g/mol. The molecule has 1 fully saturated rings. The molecule has 0 radical (unpaired) electrons. The quantitative estimate of drug-likeness (QED) is 0.728. The summed E-state index contributed by atoms with van der Waals surface area (Å²) in [6.07, 6.45) is 3.94. The number of hydrogen-bond acceptors (Lipinski definition) is 1. The molecule has 0 spiro atoms. The number of piperidine rings is 1. The number of benzene rings is 2. The maximum atomic E-state index is 2.67. The molecule has 2 unspecified atom stereocenters. The zero-order valence-corrected chi connectivity index (χ0v) is 14.5. The molecule has 1 saturated heterocycles. The predicted molar refractivity (Wildman–Crippen MR) is 99.6 cm³/mol. The summed E-state index contributed by atoms with van der Waals surface area (Å²) in [5.41, 5.74) is 4.21. The standard InChI is InChI=1S/C22H29N/c1-18-9-8-14-23(16-18)17-19(2)15-21-12-6-7-13-22(21)20-10-4-3-5-11-20/h3-7,10-13,18-19H,8-9,14-17H2,1-2H3. The molecule has 1 aliphatic heterocycles. The Morgan fingerprint density at radius 1 is 1.04 bits per heavy atom. The molecule has 1 heterocycles. The average Bonchev–Trinajstić information content (AvgIpc) is 2.56. The van der Waals surface area contributed by atoms with Crippen LogP contribution in [0.15, 0.2) is 54.6 Å². The lowest BCUT2D eigenvalue weighted by Crippen LogP contribution is -2.37. The number of hydrogen-bond donors (Lipinski definition) is 0. The molecule has 0 amide bonds. The van der Waals surface area contributed by atoms with Crippen LogP contribution in [0.2, 0.25) is 0 Å². The van der Waals surface area contributed by atoms with E-state index in [-0.39, 0.29) is 0 Å². The Kier molecular flexibility index (Phi) is 5.51. The summed E-state index contributed by atoms with van der Waals surface area (Å²) in [5, 5.41) is 0. The highest BCUT2D eigenvalue weighted by Crippen LogP contribution is 2.26. The molecule has 0 aromatic heterocycles. The van der Waals surface area contributed by atoms with Crippen molar-refractivity contribution >= 4 is 0 Å². The molecule has 1 aliphatic rings. The van der Waals surface area contributed by atoms with Crippen molar-refractivity contribution in [3.05, 3.63) is 60.2 Å². The van der Waals surface area contributed by atoms with E-state index in [0.29, 0.717) is 5.92 Å². The van der Waals surface area contributed by atoms with Gasteiger partial charge in [0.25, 0.3) is 0 Å². The summed E-state index contributed by atoms with van der Waals surface area (Å²) in [7, 11) is 0. The number of nitrogens with zero attached hydrogens (tertiary/aromatic N) is 1. The van der Waals surface area contributed by atoms with Gasteiger partial charge in [-0.1, -0.05) is 68.4 Å². The van der Waals surface area contributed by atoms with E-state index in [1.165, 1.54) is 49.2 Å². The highest BCUT2D eigenvalue weighted by Gasteiger charge is 2.18. The van der Waals surface area contributed by atoms with Gasteiger partial charge in [0, 0.05) is 13.1 Å². The van der Waals surface area contributed by atoms with Gasteiger partial charge in [0.2, 0.25) is 0 Å². The number of likely N-dealkylation sites (tertiary alicyclic amines) is 1. The summed E-state index contributed by atoms with van der Waals surface area (Å²) in [4.78, 5) is 2.67. The fraction of sp³-hybridized carbons (Fsp3) is 0.455. The number of rotatable bonds is 5. The largest absolute Gasteiger partial charge is 0.303 e. The summed E-state index contributed by atoms with van der Waals surface area (Å²) in [6.45, 7) is 8.59. The third kappa shape index (κ3) is 4.45. The maximum absolute atomic E-state index is 2.67. The van der Waals surface area contributed by atoms with E-state index in [9.17, 15) is 0 Å². The van der Waals surface area contributed by atoms with Crippen LogP contribution in [0.4, 0.5) is 0 Å². The highest BCUT2D eigenvalue weighted by atomic mass is 15.1. The minimum Gasteiger partial charge on any atom is -0.303 e. The Hall–Kier alpha value is -1.60. The first kappa shape index (κ1) is 16.3. The van der Waals surface area contributed by atoms with Gasteiger partial charge >= 0.3 is 0 Å². The van der Waals surface area contributed by atoms with Crippen LogP contribution in [0, 0.1) is 11.8 Å². The van der Waals surface area contributed by atoms with Crippen LogP contribution in [0.5, 0.6) is 0 Å². The van der Waals surface area contributed by atoms with Crippen LogP contribution in [-0.4, -0.2) is 24.5 Å². The van der Waals surface area contributed by atoms with Gasteiger partial charge in [0.1, 0.15) is 0 Å². The molecule has 23 heavy (non-hydrogen) atoms. The van der Waals surface area contributed by atoms with Crippen molar-refractivity contribution < 1.29 is 0 Å². The van der Waals surface area contributed by atoms with E-state index >= 15 is 0 Å².